The maximum Gasteiger partial charge on any atom is 0.188 e. The minimum absolute atomic E-state index is 0.302. The van der Waals surface area contributed by atoms with Gasteiger partial charge >= 0.3 is 0 Å². The molecule has 0 bridgehead atoms. The molecule has 1 fully saturated rings. The fraction of sp³-hybridized carbons (Fsp3) is 0.353. The Kier molecular flexibility index (Phi) is 4.20. The molecule has 3 heterocycles. The lowest BCUT2D eigenvalue weighted by atomic mass is 10.1. The van der Waals surface area contributed by atoms with Gasteiger partial charge in [-0.3, -0.25) is 4.21 Å². The third-order valence-electron chi connectivity index (χ3n) is 4.63. The van der Waals surface area contributed by atoms with Gasteiger partial charge in [-0.2, -0.15) is 4.52 Å². The van der Waals surface area contributed by atoms with E-state index in [0.717, 1.165) is 30.2 Å². The number of rotatable bonds is 3. The van der Waals surface area contributed by atoms with Crippen LogP contribution in [0, 0.1) is 5.82 Å². The van der Waals surface area contributed by atoms with Crippen molar-refractivity contribution in [3.05, 3.63) is 42.2 Å². The summed E-state index contributed by atoms with van der Waals surface area (Å²) < 4.78 is 27.3. The highest BCUT2D eigenvalue weighted by molar-refractivity contribution is 7.85. The first-order chi connectivity index (χ1) is 12.1. The van der Waals surface area contributed by atoms with Gasteiger partial charge in [-0.15, -0.1) is 15.3 Å². The fourth-order valence-corrected chi connectivity index (χ4v) is 4.41. The lowest BCUT2D eigenvalue weighted by Crippen LogP contribution is -2.38. The molecule has 0 amide bonds. The van der Waals surface area contributed by atoms with Gasteiger partial charge in [0.2, 0.25) is 0 Å². The van der Waals surface area contributed by atoms with Gasteiger partial charge in [0.25, 0.3) is 0 Å². The predicted octanol–water partition coefficient (Wildman–Crippen LogP) is 2.28. The van der Waals surface area contributed by atoms with Crippen molar-refractivity contribution in [3.63, 3.8) is 0 Å². The predicted molar refractivity (Wildman–Crippen MR) is 95.5 cm³/mol. The molecule has 1 aliphatic rings. The van der Waals surface area contributed by atoms with E-state index >= 15 is 0 Å². The van der Waals surface area contributed by atoms with E-state index in [0.29, 0.717) is 23.1 Å². The van der Waals surface area contributed by atoms with Gasteiger partial charge in [0.1, 0.15) is 11.6 Å². The second-order valence-electron chi connectivity index (χ2n) is 6.16. The van der Waals surface area contributed by atoms with E-state index in [1.54, 1.807) is 22.7 Å². The highest BCUT2D eigenvalue weighted by Gasteiger charge is 2.23. The molecule has 0 aliphatic carbocycles. The van der Waals surface area contributed by atoms with Crippen LogP contribution in [0.2, 0.25) is 0 Å². The summed E-state index contributed by atoms with van der Waals surface area (Å²) in [4.78, 5) is 2.10. The van der Waals surface area contributed by atoms with Crippen LogP contribution in [-0.4, -0.2) is 48.6 Å². The average Bonchev–Trinajstić information content (AvgIpc) is 3.05. The first-order valence-electron chi connectivity index (χ1n) is 8.18. The molecule has 0 atom stereocenters. The van der Waals surface area contributed by atoms with Crippen LogP contribution in [0.4, 0.5) is 10.2 Å². The van der Waals surface area contributed by atoms with Gasteiger partial charge in [-0.05, 0) is 37.1 Å². The van der Waals surface area contributed by atoms with Crippen LogP contribution in [0.3, 0.4) is 0 Å². The van der Waals surface area contributed by atoms with Gasteiger partial charge in [0, 0.05) is 35.4 Å². The van der Waals surface area contributed by atoms with E-state index in [9.17, 15) is 8.60 Å². The second kappa shape index (κ2) is 6.51. The maximum atomic E-state index is 14.1. The van der Waals surface area contributed by atoms with Crippen molar-refractivity contribution in [1.82, 2.24) is 19.8 Å². The molecule has 0 radical (unpaired) electrons. The highest BCUT2D eigenvalue weighted by atomic mass is 32.2. The number of hydrogen-bond donors (Lipinski definition) is 0. The molecular weight excluding hydrogens is 341 g/mol. The Balaban J connectivity index is 1.71. The summed E-state index contributed by atoms with van der Waals surface area (Å²) in [6, 6.07) is 10.5. The van der Waals surface area contributed by atoms with Crippen LogP contribution < -0.4 is 4.90 Å². The first kappa shape index (κ1) is 16.1. The zero-order valence-corrected chi connectivity index (χ0v) is 14.6. The van der Waals surface area contributed by atoms with E-state index in [1.807, 2.05) is 19.2 Å². The molecule has 130 valence electrons. The second-order valence-corrected chi connectivity index (χ2v) is 7.85. The van der Waals surface area contributed by atoms with E-state index in [2.05, 4.69) is 20.2 Å². The summed E-state index contributed by atoms with van der Waals surface area (Å²) in [5, 5.41) is 12.8. The van der Waals surface area contributed by atoms with E-state index in [1.165, 1.54) is 6.07 Å². The molecular formula is C17H18FN5OS. The van der Waals surface area contributed by atoms with E-state index in [4.69, 9.17) is 0 Å². The number of hydrogen-bond acceptors (Lipinski definition) is 5. The van der Waals surface area contributed by atoms with Crippen molar-refractivity contribution >= 4 is 22.3 Å². The Morgan fingerprint density at radius 2 is 1.92 bits per heavy atom. The molecule has 25 heavy (non-hydrogen) atoms. The molecule has 8 heteroatoms. The van der Waals surface area contributed by atoms with Crippen LogP contribution in [0.5, 0.6) is 0 Å². The highest BCUT2D eigenvalue weighted by Crippen LogP contribution is 2.24. The van der Waals surface area contributed by atoms with Crippen LogP contribution in [0.1, 0.15) is 12.8 Å². The number of halogens is 1. The van der Waals surface area contributed by atoms with Crippen LogP contribution in [-0.2, 0) is 10.8 Å². The Morgan fingerprint density at radius 3 is 2.68 bits per heavy atom. The van der Waals surface area contributed by atoms with E-state index in [-0.39, 0.29) is 5.82 Å². The van der Waals surface area contributed by atoms with Crippen molar-refractivity contribution in [2.75, 3.05) is 23.5 Å². The molecule has 1 saturated heterocycles. The normalized spacial score (nSPS) is 20.7. The zero-order valence-electron chi connectivity index (χ0n) is 13.8. The number of fused-ring (bicyclic) bond motifs is 1. The third kappa shape index (κ3) is 3.02. The minimum Gasteiger partial charge on any atom is -0.355 e. The lowest BCUT2D eigenvalue weighted by Gasteiger charge is -2.31. The molecule has 2 aromatic heterocycles. The Labute approximate surface area is 147 Å². The van der Waals surface area contributed by atoms with E-state index < -0.39 is 10.8 Å². The van der Waals surface area contributed by atoms with Crippen LogP contribution in [0.25, 0.3) is 17.0 Å². The topological polar surface area (TPSA) is 63.4 Å². The average molecular weight is 359 g/mol. The number of nitrogens with zero attached hydrogens (tertiary/aromatic N) is 5. The van der Waals surface area contributed by atoms with Gasteiger partial charge in [0.15, 0.2) is 11.5 Å². The smallest absolute Gasteiger partial charge is 0.188 e. The standard InChI is InChI=1S/C17H18FN5OS/c1-22(12-8-10-25(24)11-9-12)16-7-6-15-19-20-17(23(15)21-16)13-4-2-3-5-14(13)18/h2-7,12H,8-11H2,1H3. The van der Waals surface area contributed by atoms with Crippen LogP contribution >= 0.6 is 0 Å². The molecule has 0 spiro atoms. The molecule has 6 nitrogen and oxygen atoms in total. The van der Waals surface area contributed by atoms with Gasteiger partial charge in [0.05, 0.1) is 5.56 Å². The molecule has 3 aromatic rings. The quantitative estimate of drug-likeness (QED) is 0.718. The Hall–Kier alpha value is -2.35. The molecule has 0 N–H and O–H groups in total. The summed E-state index contributed by atoms with van der Waals surface area (Å²) in [5.41, 5.74) is 0.940. The lowest BCUT2D eigenvalue weighted by molar-refractivity contribution is 0.563. The summed E-state index contributed by atoms with van der Waals surface area (Å²) in [5.74, 6) is 2.25. The first-order valence-corrected chi connectivity index (χ1v) is 9.67. The van der Waals surface area contributed by atoms with Gasteiger partial charge in [-0.1, -0.05) is 12.1 Å². The minimum atomic E-state index is -0.695. The van der Waals surface area contributed by atoms with Gasteiger partial charge in [-0.25, -0.2) is 4.39 Å². The largest absolute Gasteiger partial charge is 0.355 e. The number of benzene rings is 1. The maximum absolute atomic E-state index is 14.1. The fourth-order valence-electron chi connectivity index (χ4n) is 3.13. The number of anilines is 1. The molecule has 1 aliphatic heterocycles. The van der Waals surface area contributed by atoms with Crippen molar-refractivity contribution in [2.45, 2.75) is 18.9 Å². The third-order valence-corrected chi connectivity index (χ3v) is 6.01. The number of aromatic nitrogens is 4. The molecule has 4 rings (SSSR count). The van der Waals surface area contributed by atoms with Crippen molar-refractivity contribution < 1.29 is 8.60 Å². The summed E-state index contributed by atoms with van der Waals surface area (Å²) >= 11 is 0. The van der Waals surface area contributed by atoms with Crippen molar-refractivity contribution in [3.8, 4) is 11.4 Å². The van der Waals surface area contributed by atoms with Crippen molar-refractivity contribution in [1.29, 1.82) is 0 Å². The van der Waals surface area contributed by atoms with Crippen LogP contribution in [0.15, 0.2) is 36.4 Å². The molecule has 0 unspecified atom stereocenters. The molecule has 1 aromatic carbocycles. The summed E-state index contributed by atoms with van der Waals surface area (Å²) in [6.45, 7) is 0. The summed E-state index contributed by atoms with van der Waals surface area (Å²) in [7, 11) is 1.29. The molecule has 0 saturated carbocycles. The van der Waals surface area contributed by atoms with Crippen molar-refractivity contribution in [2.24, 2.45) is 0 Å². The summed E-state index contributed by atoms with van der Waals surface area (Å²) in [6.07, 6.45) is 1.76. The Morgan fingerprint density at radius 1 is 1.16 bits per heavy atom. The monoisotopic (exact) mass is 359 g/mol. The Bertz CT molecular complexity index is 934. The SMILES string of the molecule is CN(c1ccc2nnc(-c3ccccc3F)n2n1)C1CCS(=O)CC1. The zero-order chi connectivity index (χ0) is 17.4. The van der Waals surface area contributed by atoms with Gasteiger partial charge < -0.3 is 4.90 Å².